The highest BCUT2D eigenvalue weighted by Crippen LogP contribution is 2.31. The van der Waals surface area contributed by atoms with Gasteiger partial charge in [-0.25, -0.2) is 9.78 Å². The Morgan fingerprint density at radius 3 is 3.05 bits per heavy atom. The van der Waals surface area contributed by atoms with Crippen molar-refractivity contribution in [1.29, 1.82) is 0 Å². The standard InChI is InChI=1S/C12H11ClN2O2S2/c13-10-2-1-9(19-10)8-7-18-11(14-8)3-4-15-5-6-17-12(15)16/h1-2,7H,3-6H2. The lowest BCUT2D eigenvalue weighted by molar-refractivity contribution is 0.159. The summed E-state index contributed by atoms with van der Waals surface area (Å²) in [6.07, 6.45) is 0.542. The molecule has 7 heteroatoms. The number of carbonyl (C=O) groups excluding carboxylic acids is 1. The lowest BCUT2D eigenvalue weighted by Gasteiger charge is -2.10. The van der Waals surface area contributed by atoms with E-state index in [0.29, 0.717) is 19.7 Å². The van der Waals surface area contributed by atoms with Crippen LogP contribution in [0, 0.1) is 0 Å². The third-order valence-corrected chi connectivity index (χ3v) is 4.98. The number of thiazole rings is 1. The molecule has 19 heavy (non-hydrogen) atoms. The SMILES string of the molecule is O=C1OCCN1CCc1nc(-c2ccc(Cl)s2)cs1. The number of cyclic esters (lactones) is 1. The number of nitrogens with zero attached hydrogens (tertiary/aromatic N) is 2. The zero-order chi connectivity index (χ0) is 13.2. The summed E-state index contributed by atoms with van der Waals surface area (Å²) in [5.74, 6) is 0. The van der Waals surface area contributed by atoms with Crippen LogP contribution in [0.2, 0.25) is 4.34 Å². The molecule has 0 aromatic carbocycles. The molecule has 100 valence electrons. The number of hydrogen-bond donors (Lipinski definition) is 0. The molecule has 1 aliphatic heterocycles. The van der Waals surface area contributed by atoms with Gasteiger partial charge in [0.15, 0.2) is 0 Å². The summed E-state index contributed by atoms with van der Waals surface area (Å²) >= 11 is 9.05. The highest BCUT2D eigenvalue weighted by molar-refractivity contribution is 7.19. The van der Waals surface area contributed by atoms with E-state index in [1.807, 2.05) is 17.5 Å². The topological polar surface area (TPSA) is 42.4 Å². The first-order chi connectivity index (χ1) is 9.22. The van der Waals surface area contributed by atoms with Crippen molar-refractivity contribution in [3.63, 3.8) is 0 Å². The minimum absolute atomic E-state index is 0.221. The maximum Gasteiger partial charge on any atom is 0.409 e. The summed E-state index contributed by atoms with van der Waals surface area (Å²) in [6.45, 7) is 1.84. The fourth-order valence-corrected chi connectivity index (χ4v) is 3.72. The van der Waals surface area contributed by atoms with Crippen molar-refractivity contribution < 1.29 is 9.53 Å². The molecule has 1 aliphatic rings. The van der Waals surface area contributed by atoms with Crippen LogP contribution in [-0.2, 0) is 11.2 Å². The molecule has 1 fully saturated rings. The van der Waals surface area contributed by atoms with Crippen molar-refractivity contribution in [2.45, 2.75) is 6.42 Å². The number of ether oxygens (including phenoxy) is 1. The minimum Gasteiger partial charge on any atom is -0.448 e. The zero-order valence-electron chi connectivity index (χ0n) is 9.97. The molecule has 0 spiro atoms. The van der Waals surface area contributed by atoms with Gasteiger partial charge in [-0.15, -0.1) is 22.7 Å². The molecule has 0 aliphatic carbocycles. The van der Waals surface area contributed by atoms with Gasteiger partial charge >= 0.3 is 6.09 Å². The van der Waals surface area contributed by atoms with E-state index in [9.17, 15) is 4.79 Å². The maximum absolute atomic E-state index is 11.3. The van der Waals surface area contributed by atoms with Crippen LogP contribution >= 0.6 is 34.3 Å². The van der Waals surface area contributed by atoms with Crippen LogP contribution in [0.5, 0.6) is 0 Å². The lowest BCUT2D eigenvalue weighted by atomic mass is 10.3. The molecule has 0 radical (unpaired) electrons. The van der Waals surface area contributed by atoms with E-state index in [-0.39, 0.29) is 6.09 Å². The molecule has 0 bridgehead atoms. The van der Waals surface area contributed by atoms with Gasteiger partial charge in [0.05, 0.1) is 26.5 Å². The van der Waals surface area contributed by atoms with Crippen molar-refractivity contribution in [2.75, 3.05) is 19.7 Å². The normalized spacial score (nSPS) is 15.0. The molecular formula is C12H11ClN2O2S2. The molecule has 0 unspecified atom stereocenters. The van der Waals surface area contributed by atoms with E-state index in [4.69, 9.17) is 16.3 Å². The Morgan fingerprint density at radius 1 is 1.47 bits per heavy atom. The Labute approximate surface area is 123 Å². The number of amides is 1. The molecule has 0 saturated carbocycles. The molecule has 3 rings (SSSR count). The Bertz CT molecular complexity index is 596. The molecule has 0 atom stereocenters. The molecule has 1 saturated heterocycles. The molecule has 4 nitrogen and oxygen atoms in total. The summed E-state index contributed by atoms with van der Waals surface area (Å²) in [4.78, 5) is 18.7. The van der Waals surface area contributed by atoms with Gasteiger partial charge in [-0.3, -0.25) is 0 Å². The van der Waals surface area contributed by atoms with E-state index >= 15 is 0 Å². The molecule has 2 aromatic rings. The smallest absolute Gasteiger partial charge is 0.409 e. The average molecular weight is 315 g/mol. The quantitative estimate of drug-likeness (QED) is 0.867. The average Bonchev–Trinajstić information content (AvgIpc) is 3.08. The van der Waals surface area contributed by atoms with Gasteiger partial charge in [-0.05, 0) is 12.1 Å². The first kappa shape index (κ1) is 12.9. The van der Waals surface area contributed by atoms with Gasteiger partial charge in [0, 0.05) is 18.3 Å². The van der Waals surface area contributed by atoms with E-state index in [0.717, 1.165) is 26.3 Å². The summed E-state index contributed by atoms with van der Waals surface area (Å²) in [5, 5.41) is 3.05. The Hall–Kier alpha value is -1.11. The van der Waals surface area contributed by atoms with Crippen molar-refractivity contribution >= 4 is 40.4 Å². The zero-order valence-corrected chi connectivity index (χ0v) is 12.4. The Kier molecular flexibility index (Phi) is 3.72. The predicted octanol–water partition coefficient (Wildman–Crippen LogP) is 3.52. The molecular weight excluding hydrogens is 304 g/mol. The summed E-state index contributed by atoms with van der Waals surface area (Å²) in [5.41, 5.74) is 0.959. The van der Waals surface area contributed by atoms with E-state index < -0.39 is 0 Å². The molecule has 1 amide bonds. The monoisotopic (exact) mass is 314 g/mol. The van der Waals surface area contributed by atoms with Crippen LogP contribution in [0.25, 0.3) is 10.6 Å². The van der Waals surface area contributed by atoms with Crippen LogP contribution in [0.4, 0.5) is 4.79 Å². The van der Waals surface area contributed by atoms with Gasteiger partial charge in [-0.2, -0.15) is 0 Å². The summed E-state index contributed by atoms with van der Waals surface area (Å²) in [7, 11) is 0. The van der Waals surface area contributed by atoms with Crippen molar-refractivity contribution in [1.82, 2.24) is 9.88 Å². The van der Waals surface area contributed by atoms with Gasteiger partial charge < -0.3 is 9.64 Å². The van der Waals surface area contributed by atoms with E-state index in [1.165, 1.54) is 11.3 Å². The number of thiophene rings is 1. The fraction of sp³-hybridized carbons (Fsp3) is 0.333. The van der Waals surface area contributed by atoms with Crippen LogP contribution in [0.15, 0.2) is 17.5 Å². The van der Waals surface area contributed by atoms with Crippen LogP contribution in [0.1, 0.15) is 5.01 Å². The second-order valence-electron chi connectivity index (χ2n) is 4.08. The molecule has 3 heterocycles. The first-order valence-electron chi connectivity index (χ1n) is 5.84. The van der Waals surface area contributed by atoms with Gasteiger partial charge in [-0.1, -0.05) is 11.6 Å². The van der Waals surface area contributed by atoms with Gasteiger partial charge in [0.1, 0.15) is 6.61 Å². The van der Waals surface area contributed by atoms with Gasteiger partial charge in [0.25, 0.3) is 0 Å². The van der Waals surface area contributed by atoms with E-state index in [1.54, 1.807) is 16.2 Å². The van der Waals surface area contributed by atoms with Crippen LogP contribution in [-0.4, -0.2) is 35.7 Å². The third-order valence-electron chi connectivity index (χ3n) is 2.82. The Morgan fingerprint density at radius 2 is 2.37 bits per heavy atom. The second kappa shape index (κ2) is 5.48. The third kappa shape index (κ3) is 2.91. The van der Waals surface area contributed by atoms with Crippen LogP contribution < -0.4 is 0 Å². The number of rotatable bonds is 4. The first-order valence-corrected chi connectivity index (χ1v) is 7.91. The van der Waals surface area contributed by atoms with Crippen LogP contribution in [0.3, 0.4) is 0 Å². The molecule has 2 aromatic heterocycles. The fourth-order valence-electron chi connectivity index (χ4n) is 1.85. The van der Waals surface area contributed by atoms with Crippen molar-refractivity contribution in [2.24, 2.45) is 0 Å². The minimum atomic E-state index is -0.221. The maximum atomic E-state index is 11.3. The lowest BCUT2D eigenvalue weighted by Crippen LogP contribution is -2.26. The van der Waals surface area contributed by atoms with Crippen molar-refractivity contribution in [3.8, 4) is 10.6 Å². The second-order valence-corrected chi connectivity index (χ2v) is 6.74. The number of hydrogen-bond acceptors (Lipinski definition) is 5. The highest BCUT2D eigenvalue weighted by atomic mass is 35.5. The number of aromatic nitrogens is 1. The summed E-state index contributed by atoms with van der Waals surface area (Å²) in [6, 6.07) is 3.85. The largest absolute Gasteiger partial charge is 0.448 e. The number of halogens is 1. The van der Waals surface area contributed by atoms with E-state index in [2.05, 4.69) is 4.98 Å². The van der Waals surface area contributed by atoms with Crippen molar-refractivity contribution in [3.05, 3.63) is 26.9 Å². The predicted molar refractivity (Wildman–Crippen MR) is 77.1 cm³/mol. The summed E-state index contributed by atoms with van der Waals surface area (Å²) < 4.78 is 5.66. The van der Waals surface area contributed by atoms with Gasteiger partial charge in [0.2, 0.25) is 0 Å². The number of carbonyl (C=O) groups is 1. The Balaban J connectivity index is 1.63. The highest BCUT2D eigenvalue weighted by Gasteiger charge is 2.21. The molecule has 0 N–H and O–H groups in total.